The molecule has 7 heteroatoms. The molecule has 1 saturated carbocycles. The smallest absolute Gasteiger partial charge is 0.317 e. The summed E-state index contributed by atoms with van der Waals surface area (Å²) in [5.41, 5.74) is 6.58. The van der Waals surface area contributed by atoms with Crippen molar-refractivity contribution >= 4 is 11.9 Å². The summed E-state index contributed by atoms with van der Waals surface area (Å²) in [7, 11) is 0. The van der Waals surface area contributed by atoms with Crippen LogP contribution in [0.25, 0.3) is 11.3 Å². The molecule has 1 aliphatic rings. The van der Waals surface area contributed by atoms with Gasteiger partial charge in [0.1, 0.15) is 17.0 Å². The highest BCUT2D eigenvalue weighted by atomic mass is 19.1. The van der Waals surface area contributed by atoms with Crippen molar-refractivity contribution in [2.24, 2.45) is 5.73 Å². The van der Waals surface area contributed by atoms with Gasteiger partial charge in [0, 0.05) is 17.7 Å². The van der Waals surface area contributed by atoms with Crippen LogP contribution >= 0.6 is 0 Å². The van der Waals surface area contributed by atoms with Gasteiger partial charge in [0.2, 0.25) is 0 Å². The molecule has 2 aromatic carbocycles. The Morgan fingerprint density at radius 3 is 2.45 bits per heavy atom. The highest BCUT2D eigenvalue weighted by Crippen LogP contribution is 2.61. The van der Waals surface area contributed by atoms with Gasteiger partial charge in [-0.3, -0.25) is 14.6 Å². The third-order valence-electron chi connectivity index (χ3n) is 5.68. The lowest BCUT2D eigenvalue weighted by atomic mass is 9.90. The van der Waals surface area contributed by atoms with E-state index >= 15 is 0 Å². The molecule has 0 spiro atoms. The fourth-order valence-electron chi connectivity index (χ4n) is 3.98. The van der Waals surface area contributed by atoms with Gasteiger partial charge in [-0.1, -0.05) is 12.1 Å². The van der Waals surface area contributed by atoms with E-state index in [0.717, 1.165) is 11.1 Å². The standard InChI is InChI=1S/C24H20F2N2O3/c1-2-31-23(30)24(16-6-9-18(22(27)29)20(26)11-16)12-19(24)15-5-10-21(28-13-15)14-3-7-17(25)8-4-14/h3-11,13,19H,2,12H2,1H3,(H2,27,29). The number of carbonyl (C=O) groups excluding carboxylic acids is 2. The largest absolute Gasteiger partial charge is 0.465 e. The predicted octanol–water partition coefficient (Wildman–Crippen LogP) is 4.11. The van der Waals surface area contributed by atoms with Gasteiger partial charge in [0.25, 0.3) is 5.91 Å². The van der Waals surface area contributed by atoms with Crippen molar-refractivity contribution in [3.05, 3.63) is 89.1 Å². The number of primary amides is 1. The van der Waals surface area contributed by atoms with Gasteiger partial charge < -0.3 is 10.5 Å². The molecule has 5 nitrogen and oxygen atoms in total. The topological polar surface area (TPSA) is 82.3 Å². The molecule has 1 heterocycles. The number of ether oxygens (including phenoxy) is 1. The van der Waals surface area contributed by atoms with Crippen LogP contribution in [-0.2, 0) is 14.9 Å². The number of hydrogen-bond acceptors (Lipinski definition) is 4. The van der Waals surface area contributed by atoms with E-state index in [9.17, 15) is 18.4 Å². The van der Waals surface area contributed by atoms with E-state index in [-0.39, 0.29) is 23.9 Å². The van der Waals surface area contributed by atoms with Crippen molar-refractivity contribution in [1.29, 1.82) is 0 Å². The van der Waals surface area contributed by atoms with Crippen molar-refractivity contribution in [3.8, 4) is 11.3 Å². The molecule has 2 atom stereocenters. The van der Waals surface area contributed by atoms with Crippen LogP contribution < -0.4 is 5.73 Å². The Bertz CT molecular complexity index is 1150. The zero-order chi connectivity index (χ0) is 22.2. The second-order valence-electron chi connectivity index (χ2n) is 7.49. The second kappa shape index (κ2) is 7.91. The molecule has 2 unspecified atom stereocenters. The molecule has 2 N–H and O–H groups in total. The Hall–Kier alpha value is -3.61. The third-order valence-corrected chi connectivity index (χ3v) is 5.68. The lowest BCUT2D eigenvalue weighted by Crippen LogP contribution is -2.26. The molecule has 4 rings (SSSR count). The minimum absolute atomic E-state index is 0.191. The summed E-state index contributed by atoms with van der Waals surface area (Å²) in [5.74, 6) is -2.67. The summed E-state index contributed by atoms with van der Waals surface area (Å²) < 4.78 is 32.8. The summed E-state index contributed by atoms with van der Waals surface area (Å²) in [6.07, 6.45) is 2.09. The summed E-state index contributed by atoms with van der Waals surface area (Å²) >= 11 is 0. The van der Waals surface area contributed by atoms with Gasteiger partial charge in [-0.25, -0.2) is 8.78 Å². The summed E-state index contributed by atoms with van der Waals surface area (Å²) in [6.45, 7) is 1.90. The average molecular weight is 422 g/mol. The minimum atomic E-state index is -1.05. The summed E-state index contributed by atoms with van der Waals surface area (Å²) in [5, 5.41) is 0. The summed E-state index contributed by atoms with van der Waals surface area (Å²) in [6, 6.07) is 13.7. The van der Waals surface area contributed by atoms with Crippen LogP contribution in [0.3, 0.4) is 0 Å². The molecule has 0 bridgehead atoms. The molecule has 0 aliphatic heterocycles. The third kappa shape index (κ3) is 3.67. The molecule has 1 amide bonds. The van der Waals surface area contributed by atoms with Gasteiger partial charge in [0.15, 0.2) is 0 Å². The average Bonchev–Trinajstić information content (AvgIpc) is 3.51. The van der Waals surface area contributed by atoms with Gasteiger partial charge in [-0.15, -0.1) is 0 Å². The first kappa shape index (κ1) is 20.7. The number of amides is 1. The lowest BCUT2D eigenvalue weighted by molar-refractivity contribution is -0.146. The molecular formula is C24H20F2N2O3. The lowest BCUT2D eigenvalue weighted by Gasteiger charge is -2.17. The van der Waals surface area contributed by atoms with E-state index in [1.807, 2.05) is 6.07 Å². The maximum atomic E-state index is 14.4. The van der Waals surface area contributed by atoms with Crippen LogP contribution in [0.1, 0.15) is 40.7 Å². The monoisotopic (exact) mass is 422 g/mol. The Morgan fingerprint density at radius 1 is 1.13 bits per heavy atom. The zero-order valence-electron chi connectivity index (χ0n) is 16.8. The Morgan fingerprint density at radius 2 is 1.87 bits per heavy atom. The van der Waals surface area contributed by atoms with Gasteiger partial charge in [-0.2, -0.15) is 0 Å². The Labute approximate surface area is 177 Å². The van der Waals surface area contributed by atoms with E-state index in [4.69, 9.17) is 10.5 Å². The number of rotatable bonds is 6. The number of carbonyl (C=O) groups is 2. The van der Waals surface area contributed by atoms with Crippen molar-refractivity contribution in [3.63, 3.8) is 0 Å². The number of nitrogens with zero attached hydrogens (tertiary/aromatic N) is 1. The first-order chi connectivity index (χ1) is 14.9. The van der Waals surface area contributed by atoms with Crippen LogP contribution in [0.15, 0.2) is 60.8 Å². The van der Waals surface area contributed by atoms with Crippen LogP contribution in [-0.4, -0.2) is 23.5 Å². The van der Waals surface area contributed by atoms with Crippen LogP contribution in [0.2, 0.25) is 0 Å². The molecule has 1 fully saturated rings. The number of hydrogen-bond donors (Lipinski definition) is 1. The molecule has 1 aliphatic carbocycles. The number of benzene rings is 2. The quantitative estimate of drug-likeness (QED) is 0.606. The highest BCUT2D eigenvalue weighted by molar-refractivity contribution is 5.94. The van der Waals surface area contributed by atoms with Crippen molar-refractivity contribution in [2.45, 2.75) is 24.7 Å². The van der Waals surface area contributed by atoms with Crippen LogP contribution in [0, 0.1) is 11.6 Å². The van der Waals surface area contributed by atoms with E-state index < -0.39 is 23.1 Å². The Kier molecular flexibility index (Phi) is 5.27. The van der Waals surface area contributed by atoms with E-state index in [0.29, 0.717) is 17.7 Å². The van der Waals surface area contributed by atoms with Crippen LogP contribution in [0.5, 0.6) is 0 Å². The van der Waals surface area contributed by atoms with E-state index in [1.165, 1.54) is 24.3 Å². The fourth-order valence-corrected chi connectivity index (χ4v) is 3.98. The number of pyridine rings is 1. The highest BCUT2D eigenvalue weighted by Gasteiger charge is 2.63. The van der Waals surface area contributed by atoms with Crippen molar-refractivity contribution < 1.29 is 23.1 Å². The number of esters is 1. The Balaban J connectivity index is 1.67. The number of nitrogens with two attached hydrogens (primary N) is 1. The second-order valence-corrected chi connectivity index (χ2v) is 7.49. The first-order valence-electron chi connectivity index (χ1n) is 9.85. The molecule has 1 aromatic heterocycles. The number of halogens is 2. The predicted molar refractivity (Wildman–Crippen MR) is 110 cm³/mol. The van der Waals surface area contributed by atoms with Crippen molar-refractivity contribution in [1.82, 2.24) is 4.98 Å². The molecule has 0 radical (unpaired) electrons. The zero-order valence-corrected chi connectivity index (χ0v) is 16.8. The van der Waals surface area contributed by atoms with Gasteiger partial charge in [-0.05, 0) is 66.9 Å². The van der Waals surface area contributed by atoms with E-state index in [2.05, 4.69) is 4.98 Å². The maximum absolute atomic E-state index is 14.4. The SMILES string of the molecule is CCOC(=O)C1(c2ccc(C(N)=O)c(F)c2)CC1c1ccc(-c2ccc(F)cc2)nc1. The van der Waals surface area contributed by atoms with Gasteiger partial charge in [0.05, 0.1) is 17.9 Å². The van der Waals surface area contributed by atoms with Gasteiger partial charge >= 0.3 is 5.97 Å². The molecule has 31 heavy (non-hydrogen) atoms. The van der Waals surface area contributed by atoms with Crippen LogP contribution in [0.4, 0.5) is 8.78 Å². The maximum Gasteiger partial charge on any atom is 0.317 e. The molecule has 0 saturated heterocycles. The molecular weight excluding hydrogens is 402 g/mol. The van der Waals surface area contributed by atoms with E-state index in [1.54, 1.807) is 37.4 Å². The first-order valence-corrected chi connectivity index (χ1v) is 9.85. The normalized spacial score (nSPS) is 19.6. The minimum Gasteiger partial charge on any atom is -0.465 e. The van der Waals surface area contributed by atoms with Crippen molar-refractivity contribution in [2.75, 3.05) is 6.61 Å². The molecule has 158 valence electrons. The molecule has 3 aromatic rings. The fraction of sp³-hybridized carbons (Fsp3) is 0.208. The summed E-state index contributed by atoms with van der Waals surface area (Å²) in [4.78, 5) is 28.7. The number of aromatic nitrogens is 1.